The van der Waals surface area contributed by atoms with Gasteiger partial charge in [0.1, 0.15) is 6.07 Å². The molecule has 0 amide bonds. The highest BCUT2D eigenvalue weighted by Crippen LogP contribution is 2.27. The van der Waals surface area contributed by atoms with E-state index in [9.17, 15) is 14.9 Å². The fraction of sp³-hybridized carbons (Fsp3) is 0.0952. The highest BCUT2D eigenvalue weighted by atomic mass is 16.5. The third-order valence-electron chi connectivity index (χ3n) is 4.27. The second-order valence-corrected chi connectivity index (χ2v) is 5.99. The lowest BCUT2D eigenvalue weighted by atomic mass is 10.0. The van der Waals surface area contributed by atoms with Gasteiger partial charge >= 0.3 is 5.97 Å². The third-order valence-corrected chi connectivity index (χ3v) is 4.27. The Labute approximate surface area is 156 Å². The summed E-state index contributed by atoms with van der Waals surface area (Å²) in [4.78, 5) is 25.3. The van der Waals surface area contributed by atoms with Gasteiger partial charge in [-0.1, -0.05) is 42.0 Å². The predicted octanol–water partition coefficient (Wildman–Crippen LogP) is 3.26. The molecule has 6 heteroatoms. The first-order valence-electron chi connectivity index (χ1n) is 8.18. The summed E-state index contributed by atoms with van der Waals surface area (Å²) < 4.78 is 6.23. The van der Waals surface area contributed by atoms with Crippen LogP contribution in [0.1, 0.15) is 37.5 Å². The molecule has 0 aliphatic rings. The van der Waals surface area contributed by atoms with E-state index in [1.807, 2.05) is 25.1 Å². The zero-order valence-electron chi connectivity index (χ0n) is 14.9. The molecule has 1 heterocycles. The minimum Gasteiger partial charge on any atom is -0.464 e. The number of para-hydroxylation sites is 1. The number of aromatic nitrogens is 1. The van der Waals surface area contributed by atoms with Crippen LogP contribution < -0.4 is 5.73 Å². The molecule has 0 aliphatic heterocycles. The predicted molar refractivity (Wildman–Crippen MR) is 101 cm³/mol. The molecule has 27 heavy (non-hydrogen) atoms. The summed E-state index contributed by atoms with van der Waals surface area (Å²) >= 11 is 0. The Morgan fingerprint density at radius 2 is 1.78 bits per heavy atom. The number of nitrogens with two attached hydrogens (primary N) is 1. The number of aryl methyl sites for hydroxylation is 1. The Morgan fingerprint density at radius 1 is 1.11 bits per heavy atom. The molecule has 3 aromatic rings. The molecule has 0 radical (unpaired) electrons. The highest BCUT2D eigenvalue weighted by molar-refractivity contribution is 6.11. The molecule has 0 unspecified atom stereocenters. The molecule has 0 saturated carbocycles. The van der Waals surface area contributed by atoms with Crippen molar-refractivity contribution in [1.82, 2.24) is 4.57 Å². The van der Waals surface area contributed by atoms with E-state index in [-0.39, 0.29) is 22.7 Å². The molecule has 0 spiro atoms. The average Bonchev–Trinajstić information content (AvgIpc) is 3.03. The second kappa shape index (κ2) is 7.18. The first-order valence-corrected chi connectivity index (χ1v) is 8.18. The molecule has 2 N–H and O–H groups in total. The number of nitrogen functional groups attached to an aromatic ring is 1. The van der Waals surface area contributed by atoms with Crippen molar-refractivity contribution in [2.75, 3.05) is 12.8 Å². The van der Waals surface area contributed by atoms with Gasteiger partial charge in [-0.2, -0.15) is 5.26 Å². The van der Waals surface area contributed by atoms with E-state index in [1.54, 1.807) is 36.4 Å². The molecular formula is C21H17N3O3. The summed E-state index contributed by atoms with van der Waals surface area (Å²) in [6.07, 6.45) is 1.43. The van der Waals surface area contributed by atoms with Crippen LogP contribution in [0, 0.1) is 18.3 Å². The summed E-state index contributed by atoms with van der Waals surface area (Å²) in [6.45, 7) is 1.94. The lowest BCUT2D eigenvalue weighted by molar-refractivity contribution is 0.0592. The summed E-state index contributed by atoms with van der Waals surface area (Å²) in [5, 5.41) is 9.28. The number of rotatable bonds is 4. The fourth-order valence-corrected chi connectivity index (χ4v) is 2.84. The second-order valence-electron chi connectivity index (χ2n) is 5.99. The molecule has 3 rings (SSSR count). The van der Waals surface area contributed by atoms with Crippen LogP contribution in [0.15, 0.2) is 54.7 Å². The third kappa shape index (κ3) is 3.18. The Bertz CT molecular complexity index is 1070. The average molecular weight is 359 g/mol. The van der Waals surface area contributed by atoms with Crippen molar-refractivity contribution in [3.8, 4) is 11.8 Å². The van der Waals surface area contributed by atoms with Gasteiger partial charge in [-0.25, -0.2) is 4.79 Å². The van der Waals surface area contributed by atoms with Crippen LogP contribution in [-0.4, -0.2) is 23.4 Å². The maximum Gasteiger partial charge on any atom is 0.357 e. The number of ketones is 1. The number of esters is 1. The Kier molecular flexibility index (Phi) is 4.77. The number of benzene rings is 2. The first kappa shape index (κ1) is 18.0. The van der Waals surface area contributed by atoms with Crippen molar-refractivity contribution in [3.05, 3.63) is 82.7 Å². The molecule has 134 valence electrons. The first-order chi connectivity index (χ1) is 13.0. The number of hydrogen-bond acceptors (Lipinski definition) is 5. The van der Waals surface area contributed by atoms with Crippen molar-refractivity contribution < 1.29 is 14.3 Å². The van der Waals surface area contributed by atoms with Crippen molar-refractivity contribution in [2.24, 2.45) is 0 Å². The lowest BCUT2D eigenvalue weighted by Crippen LogP contribution is -2.14. The number of nitrogens with zero attached hydrogens (tertiary/aromatic N) is 2. The summed E-state index contributed by atoms with van der Waals surface area (Å²) in [5.74, 6) is -0.890. The van der Waals surface area contributed by atoms with Gasteiger partial charge < -0.3 is 15.0 Å². The van der Waals surface area contributed by atoms with Crippen LogP contribution in [0.4, 0.5) is 5.69 Å². The quantitative estimate of drug-likeness (QED) is 0.569. The maximum absolute atomic E-state index is 13.0. The van der Waals surface area contributed by atoms with E-state index in [2.05, 4.69) is 0 Å². The van der Waals surface area contributed by atoms with Gasteiger partial charge in [0, 0.05) is 17.3 Å². The van der Waals surface area contributed by atoms with Crippen molar-refractivity contribution in [1.29, 1.82) is 5.26 Å². The van der Waals surface area contributed by atoms with Crippen LogP contribution in [0.5, 0.6) is 0 Å². The fourth-order valence-electron chi connectivity index (χ4n) is 2.84. The summed E-state index contributed by atoms with van der Waals surface area (Å²) in [5.41, 5.74) is 8.50. The molecule has 1 aromatic heterocycles. The zero-order chi connectivity index (χ0) is 19.6. The Balaban J connectivity index is 2.21. The molecule has 0 atom stereocenters. The van der Waals surface area contributed by atoms with E-state index < -0.39 is 5.97 Å². The SMILES string of the molecule is COC(=O)c1c(N)c(C#N)cn1-c1ccccc1C(=O)c1ccc(C)cc1. The smallest absolute Gasteiger partial charge is 0.357 e. The Morgan fingerprint density at radius 3 is 2.41 bits per heavy atom. The van der Waals surface area contributed by atoms with E-state index in [0.717, 1.165) is 5.56 Å². The minimum atomic E-state index is -0.688. The van der Waals surface area contributed by atoms with Gasteiger partial charge in [0.2, 0.25) is 0 Å². The van der Waals surface area contributed by atoms with Crippen molar-refractivity contribution >= 4 is 17.4 Å². The molecule has 0 fully saturated rings. The molecule has 2 aromatic carbocycles. The van der Waals surface area contributed by atoms with Crippen molar-refractivity contribution in [3.63, 3.8) is 0 Å². The zero-order valence-corrected chi connectivity index (χ0v) is 14.9. The van der Waals surface area contributed by atoms with Gasteiger partial charge in [-0.05, 0) is 19.1 Å². The van der Waals surface area contributed by atoms with Crippen molar-refractivity contribution in [2.45, 2.75) is 6.92 Å². The largest absolute Gasteiger partial charge is 0.464 e. The molecule has 6 nitrogen and oxygen atoms in total. The Hall–Kier alpha value is -3.85. The minimum absolute atomic E-state index is 0.0122. The number of ether oxygens (including phenoxy) is 1. The van der Waals surface area contributed by atoms with Gasteiger partial charge in [-0.15, -0.1) is 0 Å². The maximum atomic E-state index is 13.0. The standard InChI is InChI=1S/C21H17N3O3/c1-13-7-9-14(10-8-13)20(25)16-5-3-4-6-17(16)24-12-15(11-22)18(23)19(24)21(26)27-2/h3-10,12H,23H2,1-2H3. The normalized spacial score (nSPS) is 10.3. The lowest BCUT2D eigenvalue weighted by Gasteiger charge is -2.13. The number of carbonyl (C=O) groups is 2. The highest BCUT2D eigenvalue weighted by Gasteiger charge is 2.24. The van der Waals surface area contributed by atoms with E-state index in [1.165, 1.54) is 17.9 Å². The molecule has 0 bridgehead atoms. The molecular weight excluding hydrogens is 342 g/mol. The van der Waals surface area contributed by atoms with Crippen LogP contribution >= 0.6 is 0 Å². The van der Waals surface area contributed by atoms with Gasteiger partial charge in [0.05, 0.1) is 24.0 Å². The van der Waals surface area contributed by atoms with Gasteiger partial charge in [0.25, 0.3) is 0 Å². The topological polar surface area (TPSA) is 98.1 Å². The van der Waals surface area contributed by atoms with Gasteiger partial charge in [-0.3, -0.25) is 4.79 Å². The van der Waals surface area contributed by atoms with Gasteiger partial charge in [0.15, 0.2) is 11.5 Å². The van der Waals surface area contributed by atoms with Crippen LogP contribution in [-0.2, 0) is 4.74 Å². The monoisotopic (exact) mass is 359 g/mol. The number of anilines is 1. The molecule has 0 saturated heterocycles. The summed E-state index contributed by atoms with van der Waals surface area (Å²) in [7, 11) is 1.23. The number of hydrogen-bond donors (Lipinski definition) is 1. The number of methoxy groups -OCH3 is 1. The number of nitriles is 1. The van der Waals surface area contributed by atoms with E-state index in [4.69, 9.17) is 10.5 Å². The summed E-state index contributed by atoms with van der Waals surface area (Å²) in [6, 6.07) is 16.0. The number of carbonyl (C=O) groups excluding carboxylic acids is 2. The van der Waals surface area contributed by atoms with Crippen LogP contribution in [0.25, 0.3) is 5.69 Å². The molecule has 0 aliphatic carbocycles. The van der Waals surface area contributed by atoms with E-state index >= 15 is 0 Å². The van der Waals surface area contributed by atoms with Crippen LogP contribution in [0.3, 0.4) is 0 Å². The van der Waals surface area contributed by atoms with Crippen LogP contribution in [0.2, 0.25) is 0 Å². The van der Waals surface area contributed by atoms with E-state index in [0.29, 0.717) is 16.8 Å².